The maximum absolute atomic E-state index is 14.5. The summed E-state index contributed by atoms with van der Waals surface area (Å²) in [4.78, 5) is 0. The summed E-state index contributed by atoms with van der Waals surface area (Å²) >= 11 is 0. The van der Waals surface area contributed by atoms with Gasteiger partial charge in [-0.15, -0.1) is 0 Å². The molecule has 0 atom stereocenters. The molecular formula is C32H33F. The molecule has 0 amide bonds. The molecule has 0 aliphatic carbocycles. The van der Waals surface area contributed by atoms with Crippen LogP contribution in [0.1, 0.15) is 85.8 Å². The minimum absolute atomic E-state index is 0.337. The van der Waals surface area contributed by atoms with E-state index in [1.54, 1.807) is 6.07 Å². The summed E-state index contributed by atoms with van der Waals surface area (Å²) in [6, 6.07) is 21.6. The van der Waals surface area contributed by atoms with Crippen molar-refractivity contribution in [2.45, 2.75) is 65.2 Å². The van der Waals surface area contributed by atoms with Crippen molar-refractivity contribution in [3.63, 3.8) is 0 Å². The number of benzene rings is 3. The molecule has 0 saturated carbocycles. The van der Waals surface area contributed by atoms with E-state index < -0.39 is 0 Å². The largest absolute Gasteiger partial charge is 0.206 e. The van der Waals surface area contributed by atoms with E-state index in [0.29, 0.717) is 11.1 Å². The summed E-state index contributed by atoms with van der Waals surface area (Å²) in [5.41, 5.74) is 5.55. The van der Waals surface area contributed by atoms with Gasteiger partial charge in [-0.3, -0.25) is 0 Å². The minimum Gasteiger partial charge on any atom is -0.206 e. The van der Waals surface area contributed by atoms with Gasteiger partial charge in [0.2, 0.25) is 0 Å². The average molecular weight is 437 g/mol. The molecule has 3 aromatic carbocycles. The third-order valence-corrected chi connectivity index (χ3v) is 5.71. The molecule has 0 fully saturated rings. The number of unbranched alkanes of at least 4 members (excludes halogenated alkanes) is 4. The van der Waals surface area contributed by atoms with Crippen LogP contribution >= 0.6 is 0 Å². The molecule has 3 rings (SSSR count). The van der Waals surface area contributed by atoms with E-state index in [1.807, 2.05) is 30.3 Å². The lowest BCUT2D eigenvalue weighted by Gasteiger charge is -2.01. The third-order valence-electron chi connectivity index (χ3n) is 5.71. The Kier molecular flexibility index (Phi) is 9.82. The van der Waals surface area contributed by atoms with Crippen molar-refractivity contribution in [3.05, 3.63) is 106 Å². The van der Waals surface area contributed by atoms with Crippen LogP contribution in [0.4, 0.5) is 4.39 Å². The Hall–Kier alpha value is -3.29. The summed E-state index contributed by atoms with van der Waals surface area (Å²) in [6.45, 7) is 4.42. The highest BCUT2D eigenvalue weighted by atomic mass is 19.1. The summed E-state index contributed by atoms with van der Waals surface area (Å²) in [7, 11) is 0. The molecule has 1 heteroatoms. The molecule has 0 N–H and O–H groups in total. The number of hydrogen-bond acceptors (Lipinski definition) is 0. The van der Waals surface area contributed by atoms with Crippen LogP contribution in [0.15, 0.2) is 66.7 Å². The van der Waals surface area contributed by atoms with Crippen molar-refractivity contribution < 1.29 is 4.39 Å². The second-order valence-corrected chi connectivity index (χ2v) is 8.50. The molecule has 0 saturated heterocycles. The predicted octanol–water partition coefficient (Wildman–Crippen LogP) is 8.09. The minimum atomic E-state index is -0.337. The van der Waals surface area contributed by atoms with Crippen LogP contribution in [0.3, 0.4) is 0 Å². The fraction of sp³-hybridized carbons (Fsp3) is 0.312. The highest BCUT2D eigenvalue weighted by Gasteiger charge is 2.00. The second kappa shape index (κ2) is 13.3. The maximum Gasteiger partial charge on any atom is 0.140 e. The number of rotatable bonds is 8. The molecule has 0 aliphatic rings. The summed E-state index contributed by atoms with van der Waals surface area (Å²) in [5, 5.41) is 0. The van der Waals surface area contributed by atoms with Crippen LogP contribution in [0, 0.1) is 29.5 Å². The van der Waals surface area contributed by atoms with Gasteiger partial charge in [-0.05, 0) is 79.3 Å². The van der Waals surface area contributed by atoms with Gasteiger partial charge >= 0.3 is 0 Å². The maximum atomic E-state index is 14.5. The van der Waals surface area contributed by atoms with Gasteiger partial charge in [0.15, 0.2) is 0 Å². The monoisotopic (exact) mass is 436 g/mol. The van der Waals surface area contributed by atoms with Gasteiger partial charge in [0.1, 0.15) is 5.82 Å². The molecule has 0 spiro atoms. The van der Waals surface area contributed by atoms with Crippen molar-refractivity contribution in [1.82, 2.24) is 0 Å². The lowest BCUT2D eigenvalue weighted by atomic mass is 10.0. The van der Waals surface area contributed by atoms with E-state index in [0.717, 1.165) is 24.0 Å². The fourth-order valence-electron chi connectivity index (χ4n) is 3.62. The van der Waals surface area contributed by atoms with Crippen LogP contribution in [0.5, 0.6) is 0 Å². The summed E-state index contributed by atoms with van der Waals surface area (Å²) in [5.74, 6) is 11.9. The lowest BCUT2D eigenvalue weighted by molar-refractivity contribution is 0.624. The molecule has 0 aromatic heterocycles. The smallest absolute Gasteiger partial charge is 0.140 e. The molecule has 0 heterocycles. The molecule has 0 aliphatic heterocycles. The van der Waals surface area contributed by atoms with E-state index in [9.17, 15) is 4.39 Å². The lowest BCUT2D eigenvalue weighted by Crippen LogP contribution is -1.87. The van der Waals surface area contributed by atoms with Crippen LogP contribution in [0.2, 0.25) is 0 Å². The van der Waals surface area contributed by atoms with Crippen LogP contribution in [0.25, 0.3) is 0 Å². The van der Waals surface area contributed by atoms with Crippen LogP contribution < -0.4 is 0 Å². The first-order valence-electron chi connectivity index (χ1n) is 12.2. The fourth-order valence-corrected chi connectivity index (χ4v) is 3.62. The zero-order chi connectivity index (χ0) is 23.3. The van der Waals surface area contributed by atoms with Crippen molar-refractivity contribution in [2.75, 3.05) is 0 Å². The molecule has 0 bridgehead atoms. The molecular weight excluding hydrogens is 403 g/mol. The average Bonchev–Trinajstić information content (AvgIpc) is 2.85. The van der Waals surface area contributed by atoms with E-state index in [1.165, 1.54) is 55.7 Å². The Morgan fingerprint density at radius 1 is 0.545 bits per heavy atom. The number of hydrogen-bond donors (Lipinski definition) is 0. The Balaban J connectivity index is 1.60. The quantitative estimate of drug-likeness (QED) is 0.247. The van der Waals surface area contributed by atoms with Crippen molar-refractivity contribution in [3.8, 4) is 23.7 Å². The topological polar surface area (TPSA) is 0 Å². The highest BCUT2D eigenvalue weighted by Crippen LogP contribution is 2.12. The number of halogens is 1. The van der Waals surface area contributed by atoms with E-state index in [4.69, 9.17) is 0 Å². The molecule has 33 heavy (non-hydrogen) atoms. The number of aryl methyl sites for hydroxylation is 2. The Morgan fingerprint density at radius 3 is 1.64 bits per heavy atom. The molecule has 0 nitrogen and oxygen atoms in total. The van der Waals surface area contributed by atoms with Gasteiger partial charge < -0.3 is 0 Å². The summed E-state index contributed by atoms with van der Waals surface area (Å²) < 4.78 is 14.5. The van der Waals surface area contributed by atoms with Crippen molar-refractivity contribution in [1.29, 1.82) is 0 Å². The van der Waals surface area contributed by atoms with Gasteiger partial charge in [-0.2, -0.15) is 0 Å². The first-order valence-corrected chi connectivity index (χ1v) is 12.2. The van der Waals surface area contributed by atoms with E-state index in [2.05, 4.69) is 61.8 Å². The molecule has 3 aromatic rings. The Bertz CT molecular complexity index is 1130. The Labute approximate surface area is 199 Å². The van der Waals surface area contributed by atoms with Gasteiger partial charge in [-0.25, -0.2) is 4.39 Å². The van der Waals surface area contributed by atoms with E-state index >= 15 is 0 Å². The standard InChI is InChI=1S/C32H33F/c1-3-5-7-8-10-27-13-15-28(16-14-27)19-20-30-22-24-31(32(33)25-30)23-21-29-17-11-26(12-18-29)9-6-4-2/h11-18,22,24-25H,3-10H2,1-2H3. The summed E-state index contributed by atoms with van der Waals surface area (Å²) in [6.07, 6.45) is 9.66. The van der Waals surface area contributed by atoms with E-state index in [-0.39, 0.29) is 5.82 Å². The van der Waals surface area contributed by atoms with Gasteiger partial charge in [0, 0.05) is 16.7 Å². The van der Waals surface area contributed by atoms with Gasteiger partial charge in [0.05, 0.1) is 5.56 Å². The zero-order valence-corrected chi connectivity index (χ0v) is 19.9. The Morgan fingerprint density at radius 2 is 1.06 bits per heavy atom. The van der Waals surface area contributed by atoms with Crippen molar-refractivity contribution >= 4 is 0 Å². The first kappa shape index (κ1) is 24.4. The van der Waals surface area contributed by atoms with Gasteiger partial charge in [-0.1, -0.05) is 87.5 Å². The first-order chi connectivity index (χ1) is 16.2. The zero-order valence-electron chi connectivity index (χ0n) is 19.9. The SMILES string of the molecule is CCCCCCc1ccc(C#Cc2ccc(C#Cc3ccc(CCCC)cc3)c(F)c2)cc1. The third kappa shape index (κ3) is 8.29. The van der Waals surface area contributed by atoms with Crippen LogP contribution in [-0.2, 0) is 12.8 Å². The molecule has 168 valence electrons. The molecule has 0 radical (unpaired) electrons. The normalized spacial score (nSPS) is 10.2. The highest BCUT2D eigenvalue weighted by molar-refractivity contribution is 5.49. The molecule has 0 unspecified atom stereocenters. The second-order valence-electron chi connectivity index (χ2n) is 8.50. The van der Waals surface area contributed by atoms with Crippen LogP contribution in [-0.4, -0.2) is 0 Å². The predicted molar refractivity (Wildman–Crippen MR) is 138 cm³/mol. The van der Waals surface area contributed by atoms with Crippen molar-refractivity contribution in [2.24, 2.45) is 0 Å². The van der Waals surface area contributed by atoms with Gasteiger partial charge in [0.25, 0.3) is 0 Å².